The van der Waals surface area contributed by atoms with Crippen LogP contribution in [0.1, 0.15) is 16.2 Å². The zero-order chi connectivity index (χ0) is 14.8. The molecule has 0 spiro atoms. The third-order valence-electron chi connectivity index (χ3n) is 3.02. The molecule has 0 aliphatic rings. The molecule has 0 fully saturated rings. The van der Waals surface area contributed by atoms with Gasteiger partial charge in [-0.3, -0.25) is 14.8 Å². The number of rotatable bonds is 3. The lowest BCUT2D eigenvalue weighted by atomic mass is 10.1. The Hall–Kier alpha value is -2.47. The maximum Gasteiger partial charge on any atom is 0.275 e. The van der Waals surface area contributed by atoms with Gasteiger partial charge in [0.05, 0.1) is 11.4 Å². The van der Waals surface area contributed by atoms with Crippen LogP contribution in [0.2, 0.25) is 0 Å². The number of aromatic nitrogens is 3. The first kappa shape index (κ1) is 13.5. The van der Waals surface area contributed by atoms with Gasteiger partial charge in [-0.05, 0) is 13.0 Å². The maximum absolute atomic E-state index is 12.3. The summed E-state index contributed by atoms with van der Waals surface area (Å²) >= 11 is 1.41. The van der Waals surface area contributed by atoms with E-state index in [1.165, 1.54) is 11.3 Å². The highest BCUT2D eigenvalue weighted by Crippen LogP contribution is 2.20. The van der Waals surface area contributed by atoms with Gasteiger partial charge < -0.3 is 0 Å². The fraction of sp³-hybridized carbons (Fsp3) is 0.133. The van der Waals surface area contributed by atoms with Crippen LogP contribution < -0.4 is 5.32 Å². The molecule has 3 aromatic rings. The number of carbonyl (C=O) groups is 1. The molecule has 1 N–H and O–H groups in total. The molecule has 2 heterocycles. The van der Waals surface area contributed by atoms with Crippen LogP contribution in [-0.2, 0) is 7.05 Å². The first-order valence-corrected chi connectivity index (χ1v) is 7.34. The number of anilines is 1. The van der Waals surface area contributed by atoms with Crippen molar-refractivity contribution in [2.75, 3.05) is 5.32 Å². The highest BCUT2D eigenvalue weighted by molar-refractivity contribution is 7.13. The molecular formula is C15H14N4OS. The van der Waals surface area contributed by atoms with Crippen molar-refractivity contribution >= 4 is 22.4 Å². The third kappa shape index (κ3) is 2.85. The molecule has 0 saturated heterocycles. The molecule has 6 heteroatoms. The third-order valence-corrected chi connectivity index (χ3v) is 3.90. The molecule has 0 bridgehead atoms. The van der Waals surface area contributed by atoms with Crippen molar-refractivity contribution in [2.24, 2.45) is 7.05 Å². The SMILES string of the molecule is Cc1csc(NC(=O)c2cc(-c3ccccc3)nn2C)n1. The van der Waals surface area contributed by atoms with Crippen LogP contribution in [-0.4, -0.2) is 20.7 Å². The van der Waals surface area contributed by atoms with Crippen molar-refractivity contribution in [1.29, 1.82) is 0 Å². The number of nitrogens with zero attached hydrogens (tertiary/aromatic N) is 3. The number of nitrogens with one attached hydrogen (secondary N) is 1. The molecule has 0 radical (unpaired) electrons. The second kappa shape index (κ2) is 5.49. The molecule has 5 nitrogen and oxygen atoms in total. The van der Waals surface area contributed by atoms with Gasteiger partial charge in [-0.25, -0.2) is 4.98 Å². The van der Waals surface area contributed by atoms with Gasteiger partial charge in [0.25, 0.3) is 5.91 Å². The van der Waals surface area contributed by atoms with Crippen LogP contribution in [0.4, 0.5) is 5.13 Å². The zero-order valence-electron chi connectivity index (χ0n) is 11.7. The molecule has 0 atom stereocenters. The van der Waals surface area contributed by atoms with E-state index in [1.807, 2.05) is 42.6 Å². The van der Waals surface area contributed by atoms with Gasteiger partial charge in [0.15, 0.2) is 5.13 Å². The molecule has 0 aliphatic heterocycles. The second-order valence-electron chi connectivity index (χ2n) is 4.65. The van der Waals surface area contributed by atoms with Crippen LogP contribution >= 0.6 is 11.3 Å². The summed E-state index contributed by atoms with van der Waals surface area (Å²) in [5.41, 5.74) is 3.16. The Morgan fingerprint density at radius 3 is 2.71 bits per heavy atom. The minimum absolute atomic E-state index is 0.207. The lowest BCUT2D eigenvalue weighted by molar-refractivity contribution is 0.101. The largest absolute Gasteiger partial charge is 0.296 e. The summed E-state index contributed by atoms with van der Waals surface area (Å²) in [5.74, 6) is -0.207. The van der Waals surface area contributed by atoms with Gasteiger partial charge >= 0.3 is 0 Å². The summed E-state index contributed by atoms with van der Waals surface area (Å²) in [7, 11) is 1.76. The van der Waals surface area contributed by atoms with E-state index in [1.54, 1.807) is 17.8 Å². The summed E-state index contributed by atoms with van der Waals surface area (Å²) in [6, 6.07) is 11.6. The van der Waals surface area contributed by atoms with Crippen molar-refractivity contribution in [3.8, 4) is 11.3 Å². The van der Waals surface area contributed by atoms with Gasteiger partial charge in [0.2, 0.25) is 0 Å². The monoisotopic (exact) mass is 298 g/mol. The minimum Gasteiger partial charge on any atom is -0.296 e. The van der Waals surface area contributed by atoms with Crippen LogP contribution in [0.3, 0.4) is 0 Å². The Kier molecular flexibility index (Phi) is 3.53. The number of hydrogen-bond donors (Lipinski definition) is 1. The van der Waals surface area contributed by atoms with Crippen molar-refractivity contribution in [3.05, 3.63) is 53.2 Å². The van der Waals surface area contributed by atoms with Crippen LogP contribution in [0.5, 0.6) is 0 Å². The van der Waals surface area contributed by atoms with E-state index < -0.39 is 0 Å². The van der Waals surface area contributed by atoms with Gasteiger partial charge in [-0.15, -0.1) is 11.3 Å². The van der Waals surface area contributed by atoms with Gasteiger partial charge in [0.1, 0.15) is 5.69 Å². The number of benzene rings is 1. The Balaban J connectivity index is 1.86. The first-order chi connectivity index (χ1) is 10.1. The molecule has 0 aliphatic carbocycles. The van der Waals surface area contributed by atoms with Crippen molar-refractivity contribution in [3.63, 3.8) is 0 Å². The van der Waals surface area contributed by atoms with Gasteiger partial charge in [-0.1, -0.05) is 30.3 Å². The fourth-order valence-electron chi connectivity index (χ4n) is 2.00. The Bertz CT molecular complexity index is 776. The predicted octanol–water partition coefficient (Wildman–Crippen LogP) is 3.10. The summed E-state index contributed by atoms with van der Waals surface area (Å²) in [6.45, 7) is 1.89. The molecule has 0 saturated carbocycles. The van der Waals surface area contributed by atoms with Gasteiger partial charge in [0, 0.05) is 18.0 Å². The molecular weight excluding hydrogens is 284 g/mol. The molecule has 106 valence electrons. The Labute approximate surface area is 126 Å². The first-order valence-electron chi connectivity index (χ1n) is 6.46. The highest BCUT2D eigenvalue weighted by Gasteiger charge is 2.15. The standard InChI is InChI=1S/C15H14N4OS/c1-10-9-21-15(16-10)17-14(20)13-8-12(18-19(13)2)11-6-4-3-5-7-11/h3-9H,1-2H3,(H,16,17,20). The molecule has 21 heavy (non-hydrogen) atoms. The van der Waals surface area contributed by atoms with Crippen molar-refractivity contribution in [2.45, 2.75) is 6.92 Å². The average Bonchev–Trinajstić information content (AvgIpc) is 3.06. The van der Waals surface area contributed by atoms with E-state index in [-0.39, 0.29) is 5.91 Å². The predicted molar refractivity (Wildman–Crippen MR) is 83.4 cm³/mol. The van der Waals surface area contributed by atoms with E-state index in [9.17, 15) is 4.79 Å². The highest BCUT2D eigenvalue weighted by atomic mass is 32.1. The van der Waals surface area contributed by atoms with E-state index in [0.717, 1.165) is 17.0 Å². The van der Waals surface area contributed by atoms with Crippen LogP contribution in [0, 0.1) is 6.92 Å². The molecule has 2 aromatic heterocycles. The summed E-state index contributed by atoms with van der Waals surface area (Å²) < 4.78 is 1.58. The lowest BCUT2D eigenvalue weighted by Gasteiger charge is -2.00. The molecule has 1 aromatic carbocycles. The number of thiazole rings is 1. The zero-order valence-corrected chi connectivity index (χ0v) is 12.5. The molecule has 1 amide bonds. The van der Waals surface area contributed by atoms with E-state index in [0.29, 0.717) is 10.8 Å². The maximum atomic E-state index is 12.3. The Morgan fingerprint density at radius 1 is 1.29 bits per heavy atom. The van der Waals surface area contributed by atoms with Crippen LogP contribution in [0.15, 0.2) is 41.8 Å². The fourth-order valence-corrected chi connectivity index (χ4v) is 2.69. The van der Waals surface area contributed by atoms with E-state index in [2.05, 4.69) is 15.4 Å². The van der Waals surface area contributed by atoms with Crippen molar-refractivity contribution in [1.82, 2.24) is 14.8 Å². The summed E-state index contributed by atoms with van der Waals surface area (Å²) in [4.78, 5) is 16.5. The number of amides is 1. The average molecular weight is 298 g/mol. The van der Waals surface area contributed by atoms with Crippen molar-refractivity contribution < 1.29 is 4.79 Å². The number of hydrogen-bond acceptors (Lipinski definition) is 4. The quantitative estimate of drug-likeness (QED) is 0.808. The number of aryl methyl sites for hydroxylation is 2. The minimum atomic E-state index is -0.207. The smallest absolute Gasteiger partial charge is 0.275 e. The molecule has 0 unspecified atom stereocenters. The topological polar surface area (TPSA) is 59.8 Å². The second-order valence-corrected chi connectivity index (χ2v) is 5.51. The normalized spacial score (nSPS) is 10.6. The van der Waals surface area contributed by atoms with E-state index in [4.69, 9.17) is 0 Å². The van der Waals surface area contributed by atoms with E-state index >= 15 is 0 Å². The summed E-state index contributed by atoms with van der Waals surface area (Å²) in [6.07, 6.45) is 0. The van der Waals surface area contributed by atoms with Crippen LogP contribution in [0.25, 0.3) is 11.3 Å². The van der Waals surface area contributed by atoms with Gasteiger partial charge in [-0.2, -0.15) is 5.10 Å². The Morgan fingerprint density at radius 2 is 2.05 bits per heavy atom. The summed E-state index contributed by atoms with van der Waals surface area (Å²) in [5, 5.41) is 9.67. The lowest BCUT2D eigenvalue weighted by Crippen LogP contribution is -2.15. The molecule has 3 rings (SSSR count). The number of carbonyl (C=O) groups excluding carboxylic acids is 1.